The predicted octanol–water partition coefficient (Wildman–Crippen LogP) is 2.64. The number of carboxylic acids is 1. The smallest absolute Gasteiger partial charge is 0.471 e. The summed E-state index contributed by atoms with van der Waals surface area (Å²) in [5, 5.41) is 10.3. The number of carbonyl (C=O) groups is 2. The molecule has 1 atom stereocenters. The molecule has 0 saturated heterocycles. The lowest BCUT2D eigenvalue weighted by Gasteiger charge is -2.18. The average molecular weight is 340 g/mol. The van der Waals surface area contributed by atoms with E-state index in [2.05, 4.69) is 15.9 Å². The van der Waals surface area contributed by atoms with Gasteiger partial charge in [-0.15, -0.1) is 0 Å². The van der Waals surface area contributed by atoms with Crippen LogP contribution in [0.2, 0.25) is 0 Å². The molecule has 4 nitrogen and oxygen atoms in total. The van der Waals surface area contributed by atoms with Crippen LogP contribution >= 0.6 is 15.9 Å². The van der Waals surface area contributed by atoms with Crippen molar-refractivity contribution in [1.29, 1.82) is 0 Å². The van der Waals surface area contributed by atoms with Crippen LogP contribution in [0.25, 0.3) is 0 Å². The third kappa shape index (κ3) is 4.90. The lowest BCUT2D eigenvalue weighted by Crippen LogP contribution is -2.39. The molecular formula is C11H9BrF3NO3. The Labute approximate surface area is 114 Å². The lowest BCUT2D eigenvalue weighted by molar-refractivity contribution is -0.174. The van der Waals surface area contributed by atoms with Crippen LogP contribution in [0.3, 0.4) is 0 Å². The van der Waals surface area contributed by atoms with Gasteiger partial charge in [0.1, 0.15) is 0 Å². The Kier molecular flexibility index (Phi) is 4.93. The summed E-state index contributed by atoms with van der Waals surface area (Å²) in [4.78, 5) is 21.5. The number of benzene rings is 1. The molecule has 0 radical (unpaired) electrons. The number of carboxylic acid groups (broad SMARTS) is 1. The maximum absolute atomic E-state index is 12.2. The van der Waals surface area contributed by atoms with Crippen LogP contribution in [-0.2, 0) is 9.59 Å². The van der Waals surface area contributed by atoms with E-state index in [1.807, 2.05) is 0 Å². The fourth-order valence-corrected chi connectivity index (χ4v) is 1.63. The van der Waals surface area contributed by atoms with Crippen LogP contribution in [-0.4, -0.2) is 23.2 Å². The van der Waals surface area contributed by atoms with Crippen LogP contribution < -0.4 is 5.32 Å². The minimum Gasteiger partial charge on any atom is -0.481 e. The number of amides is 1. The fraction of sp³-hybridized carbons (Fsp3) is 0.273. The highest BCUT2D eigenvalue weighted by molar-refractivity contribution is 9.10. The van der Waals surface area contributed by atoms with Gasteiger partial charge in [-0.2, -0.15) is 13.2 Å². The van der Waals surface area contributed by atoms with Gasteiger partial charge in [0.2, 0.25) is 0 Å². The monoisotopic (exact) mass is 339 g/mol. The Morgan fingerprint density at radius 1 is 1.26 bits per heavy atom. The molecule has 2 N–H and O–H groups in total. The van der Waals surface area contributed by atoms with Crippen molar-refractivity contribution in [3.63, 3.8) is 0 Å². The first-order valence-electron chi connectivity index (χ1n) is 5.05. The zero-order valence-electron chi connectivity index (χ0n) is 9.37. The van der Waals surface area contributed by atoms with Crippen LogP contribution in [0, 0.1) is 0 Å². The molecule has 0 saturated carbocycles. The van der Waals surface area contributed by atoms with E-state index in [1.54, 1.807) is 17.4 Å². The van der Waals surface area contributed by atoms with E-state index in [0.29, 0.717) is 4.47 Å². The number of rotatable bonds is 4. The van der Waals surface area contributed by atoms with E-state index >= 15 is 0 Å². The van der Waals surface area contributed by atoms with Gasteiger partial charge in [0.15, 0.2) is 0 Å². The molecule has 0 unspecified atom stereocenters. The molecule has 0 bridgehead atoms. The highest BCUT2D eigenvalue weighted by Crippen LogP contribution is 2.22. The molecule has 1 aromatic rings. The van der Waals surface area contributed by atoms with Crippen molar-refractivity contribution in [1.82, 2.24) is 5.32 Å². The topological polar surface area (TPSA) is 66.4 Å². The van der Waals surface area contributed by atoms with Crippen LogP contribution in [0.4, 0.5) is 13.2 Å². The molecule has 0 heterocycles. The summed E-state index contributed by atoms with van der Waals surface area (Å²) in [6.45, 7) is 0. The summed E-state index contributed by atoms with van der Waals surface area (Å²) >= 11 is 3.14. The first-order valence-corrected chi connectivity index (χ1v) is 5.84. The number of nitrogens with one attached hydrogen (secondary N) is 1. The van der Waals surface area contributed by atoms with Gasteiger partial charge >= 0.3 is 18.1 Å². The second-order valence-corrected chi connectivity index (χ2v) is 4.59. The van der Waals surface area contributed by atoms with Crippen LogP contribution in [0.15, 0.2) is 28.7 Å². The van der Waals surface area contributed by atoms with Crippen LogP contribution in [0.5, 0.6) is 0 Å². The van der Waals surface area contributed by atoms with Gasteiger partial charge < -0.3 is 10.4 Å². The normalized spacial score (nSPS) is 12.8. The van der Waals surface area contributed by atoms with Gasteiger partial charge in [-0.05, 0) is 17.7 Å². The molecule has 0 fully saturated rings. The van der Waals surface area contributed by atoms with Crippen molar-refractivity contribution >= 4 is 27.8 Å². The maximum Gasteiger partial charge on any atom is 0.471 e. The van der Waals surface area contributed by atoms with Crippen molar-refractivity contribution in [2.45, 2.75) is 18.6 Å². The summed E-state index contributed by atoms with van der Waals surface area (Å²) in [6.07, 6.45) is -5.68. The number of hydrogen-bond acceptors (Lipinski definition) is 2. The SMILES string of the molecule is O=C(O)C[C@@H](NC(=O)C(F)(F)F)c1ccc(Br)cc1. The summed E-state index contributed by atoms with van der Waals surface area (Å²) in [6, 6.07) is 4.73. The zero-order valence-corrected chi connectivity index (χ0v) is 11.0. The van der Waals surface area contributed by atoms with Crippen molar-refractivity contribution in [3.05, 3.63) is 34.3 Å². The van der Waals surface area contributed by atoms with E-state index in [1.165, 1.54) is 12.1 Å². The number of halogens is 4. The van der Waals surface area contributed by atoms with E-state index < -0.39 is 30.5 Å². The Bertz CT molecular complexity index is 473. The van der Waals surface area contributed by atoms with Gasteiger partial charge in [0, 0.05) is 4.47 Å². The largest absolute Gasteiger partial charge is 0.481 e. The van der Waals surface area contributed by atoms with Gasteiger partial charge in [0.25, 0.3) is 0 Å². The molecule has 1 amide bonds. The number of carbonyl (C=O) groups excluding carboxylic acids is 1. The van der Waals surface area contributed by atoms with Crippen molar-refractivity contribution in [3.8, 4) is 0 Å². The Morgan fingerprint density at radius 2 is 1.79 bits per heavy atom. The molecule has 0 aliphatic heterocycles. The van der Waals surface area contributed by atoms with Crippen molar-refractivity contribution in [2.75, 3.05) is 0 Å². The summed E-state index contributed by atoms with van der Waals surface area (Å²) in [7, 11) is 0. The van der Waals surface area contributed by atoms with E-state index in [4.69, 9.17) is 5.11 Å². The third-order valence-corrected chi connectivity index (χ3v) is 2.74. The average Bonchev–Trinajstić information content (AvgIpc) is 2.27. The maximum atomic E-state index is 12.2. The summed E-state index contributed by atoms with van der Waals surface area (Å²) in [5.41, 5.74) is 0.281. The van der Waals surface area contributed by atoms with Crippen molar-refractivity contribution in [2.24, 2.45) is 0 Å². The molecule has 104 valence electrons. The standard InChI is InChI=1S/C11H9BrF3NO3/c12-7-3-1-6(2-4-7)8(5-9(17)18)16-10(19)11(13,14)15/h1-4,8H,5H2,(H,16,19)(H,17,18)/t8-/m1/s1. The fourth-order valence-electron chi connectivity index (χ4n) is 1.36. The van der Waals surface area contributed by atoms with E-state index in [0.717, 1.165) is 0 Å². The summed E-state index contributed by atoms with van der Waals surface area (Å²) in [5.74, 6) is -3.47. The van der Waals surface area contributed by atoms with Gasteiger partial charge in [-0.3, -0.25) is 9.59 Å². The quantitative estimate of drug-likeness (QED) is 0.886. The number of alkyl halides is 3. The van der Waals surface area contributed by atoms with Gasteiger partial charge in [-0.25, -0.2) is 0 Å². The Hall–Kier alpha value is -1.57. The second kappa shape index (κ2) is 6.05. The second-order valence-electron chi connectivity index (χ2n) is 3.67. The van der Waals surface area contributed by atoms with Crippen LogP contribution in [0.1, 0.15) is 18.0 Å². The number of aliphatic carboxylic acids is 1. The highest BCUT2D eigenvalue weighted by Gasteiger charge is 2.40. The predicted molar refractivity (Wildman–Crippen MR) is 63.3 cm³/mol. The molecule has 0 spiro atoms. The minimum absolute atomic E-state index is 0.281. The molecule has 19 heavy (non-hydrogen) atoms. The highest BCUT2D eigenvalue weighted by atomic mass is 79.9. The lowest BCUT2D eigenvalue weighted by atomic mass is 10.0. The van der Waals surface area contributed by atoms with Gasteiger partial charge in [-0.1, -0.05) is 28.1 Å². The Morgan fingerprint density at radius 3 is 2.21 bits per heavy atom. The number of hydrogen-bond donors (Lipinski definition) is 2. The third-order valence-electron chi connectivity index (χ3n) is 2.21. The minimum atomic E-state index is -5.05. The first-order chi connectivity index (χ1) is 8.70. The van der Waals surface area contributed by atoms with E-state index in [-0.39, 0.29) is 5.56 Å². The molecule has 1 rings (SSSR count). The molecule has 0 aliphatic carbocycles. The Balaban J connectivity index is 2.92. The molecule has 8 heteroatoms. The molecule has 1 aromatic carbocycles. The van der Waals surface area contributed by atoms with Crippen molar-refractivity contribution < 1.29 is 27.9 Å². The van der Waals surface area contributed by atoms with Gasteiger partial charge in [0.05, 0.1) is 12.5 Å². The van der Waals surface area contributed by atoms with E-state index in [9.17, 15) is 22.8 Å². The summed E-state index contributed by atoms with van der Waals surface area (Å²) < 4.78 is 37.2. The zero-order chi connectivity index (χ0) is 14.6. The first kappa shape index (κ1) is 15.5. The molecule has 0 aromatic heterocycles. The molecular weight excluding hydrogens is 331 g/mol. The molecule has 0 aliphatic rings.